The van der Waals surface area contributed by atoms with E-state index in [0.717, 1.165) is 41.0 Å². The minimum atomic E-state index is 0.424. The second-order valence-electron chi connectivity index (χ2n) is 5.50. The van der Waals surface area contributed by atoms with Crippen molar-refractivity contribution in [2.24, 2.45) is 5.92 Å². The van der Waals surface area contributed by atoms with E-state index in [1.54, 1.807) is 7.11 Å². The van der Waals surface area contributed by atoms with Crippen molar-refractivity contribution >= 4 is 5.82 Å². The quantitative estimate of drug-likeness (QED) is 0.900. The Balaban J connectivity index is 2.46. The molecule has 0 saturated carbocycles. The Morgan fingerprint density at radius 2 is 2.10 bits per heavy atom. The maximum atomic E-state index is 5.99. The molecule has 2 rings (SSSR count). The number of hydrogen-bond donors (Lipinski definition) is 1. The van der Waals surface area contributed by atoms with Gasteiger partial charge in [0.25, 0.3) is 0 Å². The number of nitrogen functional groups attached to an aromatic ring is 1. The molecule has 2 aromatic rings. The van der Waals surface area contributed by atoms with E-state index < -0.39 is 0 Å². The van der Waals surface area contributed by atoms with Crippen LogP contribution < -0.4 is 10.5 Å². The zero-order chi connectivity index (χ0) is 14.7. The molecule has 0 fully saturated rings. The summed E-state index contributed by atoms with van der Waals surface area (Å²) in [5.41, 5.74) is 8.96. The van der Waals surface area contributed by atoms with Crippen LogP contribution in [0.15, 0.2) is 22.7 Å². The molecule has 1 aromatic carbocycles. The lowest BCUT2D eigenvalue weighted by atomic mass is 9.98. The highest BCUT2D eigenvalue weighted by Gasteiger charge is 2.19. The standard InChI is InChI=1S/C16H22N2O2/c1-10(2)5-7-14-15(16(17)18-20-14)12-9-11(3)6-8-13(12)19-4/h6,8-10H,5,7H2,1-4H3,(H2,17,18). The van der Waals surface area contributed by atoms with Crippen LogP contribution in [0.4, 0.5) is 5.82 Å². The number of nitrogens with two attached hydrogens (primary N) is 1. The molecule has 4 heteroatoms. The van der Waals surface area contributed by atoms with E-state index in [1.165, 1.54) is 0 Å². The van der Waals surface area contributed by atoms with E-state index in [2.05, 4.69) is 25.1 Å². The maximum absolute atomic E-state index is 5.99. The van der Waals surface area contributed by atoms with Gasteiger partial charge in [-0.05, 0) is 31.4 Å². The van der Waals surface area contributed by atoms with Gasteiger partial charge in [0, 0.05) is 12.0 Å². The monoisotopic (exact) mass is 274 g/mol. The Kier molecular flexibility index (Phi) is 4.32. The van der Waals surface area contributed by atoms with Gasteiger partial charge in [-0.2, -0.15) is 0 Å². The van der Waals surface area contributed by atoms with Gasteiger partial charge < -0.3 is 15.0 Å². The van der Waals surface area contributed by atoms with E-state index in [1.807, 2.05) is 19.1 Å². The maximum Gasteiger partial charge on any atom is 0.175 e. The Morgan fingerprint density at radius 3 is 2.75 bits per heavy atom. The van der Waals surface area contributed by atoms with Gasteiger partial charge in [-0.15, -0.1) is 0 Å². The van der Waals surface area contributed by atoms with Gasteiger partial charge in [0.15, 0.2) is 5.82 Å². The molecule has 0 unspecified atom stereocenters. The molecule has 108 valence electrons. The van der Waals surface area contributed by atoms with Crippen molar-refractivity contribution in [2.75, 3.05) is 12.8 Å². The Morgan fingerprint density at radius 1 is 1.35 bits per heavy atom. The zero-order valence-electron chi connectivity index (χ0n) is 12.6. The Labute approximate surface area is 119 Å². The molecule has 2 N–H and O–H groups in total. The number of hydrogen-bond acceptors (Lipinski definition) is 4. The smallest absolute Gasteiger partial charge is 0.175 e. The molecule has 0 aliphatic heterocycles. The first kappa shape index (κ1) is 14.4. The van der Waals surface area contributed by atoms with Crippen molar-refractivity contribution in [3.05, 3.63) is 29.5 Å². The molecule has 0 atom stereocenters. The van der Waals surface area contributed by atoms with Crippen LogP contribution in [0, 0.1) is 12.8 Å². The second-order valence-corrected chi connectivity index (χ2v) is 5.50. The van der Waals surface area contributed by atoms with Gasteiger partial charge in [0.05, 0.1) is 12.7 Å². The molecule has 0 saturated heterocycles. The fraction of sp³-hybridized carbons (Fsp3) is 0.438. The molecular formula is C16H22N2O2. The van der Waals surface area contributed by atoms with Crippen molar-refractivity contribution in [1.82, 2.24) is 5.16 Å². The van der Waals surface area contributed by atoms with Crippen LogP contribution in [0.5, 0.6) is 5.75 Å². The van der Waals surface area contributed by atoms with Gasteiger partial charge in [0.1, 0.15) is 11.5 Å². The number of aromatic nitrogens is 1. The first-order valence-corrected chi connectivity index (χ1v) is 6.92. The van der Waals surface area contributed by atoms with Crippen LogP contribution >= 0.6 is 0 Å². The van der Waals surface area contributed by atoms with Crippen LogP contribution in [0.2, 0.25) is 0 Å². The summed E-state index contributed by atoms with van der Waals surface area (Å²) in [6.07, 6.45) is 1.87. The van der Waals surface area contributed by atoms with Crippen molar-refractivity contribution < 1.29 is 9.26 Å². The van der Waals surface area contributed by atoms with Crippen molar-refractivity contribution in [1.29, 1.82) is 0 Å². The van der Waals surface area contributed by atoms with Gasteiger partial charge in [-0.3, -0.25) is 0 Å². The predicted octanol–water partition coefficient (Wildman–Crippen LogP) is 3.83. The number of benzene rings is 1. The molecule has 4 nitrogen and oxygen atoms in total. The zero-order valence-corrected chi connectivity index (χ0v) is 12.6. The summed E-state index contributed by atoms with van der Waals surface area (Å²) in [6, 6.07) is 6.02. The van der Waals surface area contributed by atoms with Crippen molar-refractivity contribution in [2.45, 2.75) is 33.6 Å². The SMILES string of the molecule is COc1ccc(C)cc1-c1c(N)noc1CCC(C)C. The summed E-state index contributed by atoms with van der Waals surface area (Å²) in [5.74, 6) is 2.65. The van der Waals surface area contributed by atoms with Crippen LogP contribution in [0.1, 0.15) is 31.6 Å². The summed E-state index contributed by atoms with van der Waals surface area (Å²) in [7, 11) is 1.66. The number of methoxy groups -OCH3 is 1. The van der Waals surface area contributed by atoms with Crippen LogP contribution in [0.25, 0.3) is 11.1 Å². The number of nitrogens with zero attached hydrogens (tertiary/aromatic N) is 1. The normalized spacial score (nSPS) is 11.1. The molecule has 0 aliphatic carbocycles. The van der Waals surface area contributed by atoms with Crippen LogP contribution in [-0.2, 0) is 6.42 Å². The van der Waals surface area contributed by atoms with E-state index in [-0.39, 0.29) is 0 Å². The van der Waals surface area contributed by atoms with Gasteiger partial charge >= 0.3 is 0 Å². The number of rotatable bonds is 5. The average Bonchev–Trinajstić information content (AvgIpc) is 2.77. The minimum absolute atomic E-state index is 0.424. The highest BCUT2D eigenvalue weighted by molar-refractivity contribution is 5.80. The largest absolute Gasteiger partial charge is 0.496 e. The first-order chi connectivity index (χ1) is 9.52. The predicted molar refractivity (Wildman–Crippen MR) is 80.8 cm³/mol. The fourth-order valence-corrected chi connectivity index (χ4v) is 2.23. The fourth-order valence-electron chi connectivity index (χ4n) is 2.23. The summed E-state index contributed by atoms with van der Waals surface area (Å²) < 4.78 is 10.8. The van der Waals surface area contributed by atoms with E-state index in [0.29, 0.717) is 11.7 Å². The first-order valence-electron chi connectivity index (χ1n) is 6.92. The lowest BCUT2D eigenvalue weighted by Crippen LogP contribution is -1.96. The molecule has 0 spiro atoms. The average molecular weight is 274 g/mol. The molecule has 0 aliphatic rings. The summed E-state index contributed by atoms with van der Waals surface area (Å²) in [5, 5.41) is 3.92. The minimum Gasteiger partial charge on any atom is -0.496 e. The lowest BCUT2D eigenvalue weighted by Gasteiger charge is -2.10. The summed E-state index contributed by atoms with van der Waals surface area (Å²) in [6.45, 7) is 6.42. The lowest BCUT2D eigenvalue weighted by molar-refractivity contribution is 0.376. The summed E-state index contributed by atoms with van der Waals surface area (Å²) >= 11 is 0. The second kappa shape index (κ2) is 5.99. The molecule has 0 bridgehead atoms. The van der Waals surface area contributed by atoms with E-state index in [4.69, 9.17) is 15.0 Å². The van der Waals surface area contributed by atoms with Crippen LogP contribution in [-0.4, -0.2) is 12.3 Å². The molecular weight excluding hydrogens is 252 g/mol. The van der Waals surface area contributed by atoms with Crippen molar-refractivity contribution in [3.8, 4) is 16.9 Å². The topological polar surface area (TPSA) is 61.3 Å². The number of anilines is 1. The molecule has 0 radical (unpaired) electrons. The molecule has 0 amide bonds. The van der Waals surface area contributed by atoms with E-state index >= 15 is 0 Å². The third-order valence-electron chi connectivity index (χ3n) is 3.36. The van der Waals surface area contributed by atoms with Gasteiger partial charge in [0.2, 0.25) is 0 Å². The van der Waals surface area contributed by atoms with Gasteiger partial charge in [-0.25, -0.2) is 0 Å². The van der Waals surface area contributed by atoms with Crippen molar-refractivity contribution in [3.63, 3.8) is 0 Å². The third-order valence-corrected chi connectivity index (χ3v) is 3.36. The highest BCUT2D eigenvalue weighted by Crippen LogP contribution is 2.37. The molecule has 1 heterocycles. The molecule has 1 aromatic heterocycles. The highest BCUT2D eigenvalue weighted by atomic mass is 16.5. The molecule has 20 heavy (non-hydrogen) atoms. The van der Waals surface area contributed by atoms with E-state index in [9.17, 15) is 0 Å². The Bertz CT molecular complexity index is 588. The van der Waals surface area contributed by atoms with Crippen LogP contribution in [0.3, 0.4) is 0 Å². The number of ether oxygens (including phenoxy) is 1. The van der Waals surface area contributed by atoms with Gasteiger partial charge in [-0.1, -0.05) is 30.6 Å². The summed E-state index contributed by atoms with van der Waals surface area (Å²) in [4.78, 5) is 0. The number of aryl methyl sites for hydroxylation is 2. The third kappa shape index (κ3) is 2.95. The Hall–Kier alpha value is -1.97.